The molecule has 2 aromatic carbocycles. The Morgan fingerprint density at radius 2 is 1.30 bits per heavy atom. The fourth-order valence-corrected chi connectivity index (χ4v) is 3.00. The van der Waals surface area contributed by atoms with E-state index in [0.29, 0.717) is 0 Å². The lowest BCUT2D eigenvalue weighted by Crippen LogP contribution is -2.11. The first-order valence-electron chi connectivity index (χ1n) is 7.37. The minimum Gasteiger partial charge on any atom is -0.391 e. The molecule has 0 radical (unpaired) electrons. The molecule has 0 saturated heterocycles. The third-order valence-electron chi connectivity index (χ3n) is 2.94. The van der Waals surface area contributed by atoms with Gasteiger partial charge in [-0.3, -0.25) is 13.6 Å². The van der Waals surface area contributed by atoms with Crippen LogP contribution in [0.1, 0.15) is 18.1 Å². The monoisotopic (exact) mass is 336 g/mol. The van der Waals surface area contributed by atoms with Crippen LogP contribution in [0, 0.1) is 0 Å². The van der Waals surface area contributed by atoms with E-state index in [9.17, 15) is 9.67 Å². The van der Waals surface area contributed by atoms with E-state index in [-0.39, 0.29) is 19.8 Å². The van der Waals surface area contributed by atoms with Crippen LogP contribution in [0.5, 0.6) is 0 Å². The van der Waals surface area contributed by atoms with Crippen LogP contribution in [0.3, 0.4) is 0 Å². The van der Waals surface area contributed by atoms with Gasteiger partial charge >= 0.3 is 7.82 Å². The highest BCUT2D eigenvalue weighted by Crippen LogP contribution is 2.51. The maximum atomic E-state index is 12.7. The molecule has 0 aliphatic carbocycles. The first-order valence-corrected chi connectivity index (χ1v) is 8.83. The first-order chi connectivity index (χ1) is 11.1. The Labute approximate surface area is 136 Å². The zero-order valence-corrected chi connectivity index (χ0v) is 13.9. The van der Waals surface area contributed by atoms with Crippen LogP contribution < -0.4 is 0 Å². The van der Waals surface area contributed by atoms with Crippen molar-refractivity contribution in [1.82, 2.24) is 0 Å². The molecule has 0 aliphatic heterocycles. The van der Waals surface area contributed by atoms with Gasteiger partial charge in [0.05, 0.1) is 25.9 Å². The summed E-state index contributed by atoms with van der Waals surface area (Å²) in [5.74, 6) is 0. The van der Waals surface area contributed by atoms with Crippen molar-refractivity contribution < 1.29 is 23.2 Å². The zero-order chi connectivity index (χ0) is 16.5. The first kappa shape index (κ1) is 17.9. The van der Waals surface area contributed by atoms with E-state index in [1.165, 1.54) is 0 Å². The van der Waals surface area contributed by atoms with Gasteiger partial charge in [0.2, 0.25) is 0 Å². The number of phosphoric ester groups is 1. The number of hydrogen-bond acceptors (Lipinski definition) is 5. The van der Waals surface area contributed by atoms with Crippen molar-refractivity contribution in [2.24, 2.45) is 0 Å². The summed E-state index contributed by atoms with van der Waals surface area (Å²) >= 11 is 0. The van der Waals surface area contributed by atoms with Crippen LogP contribution in [0.2, 0.25) is 0 Å². The molecule has 1 N–H and O–H groups in total. The Balaban J connectivity index is 1.97. The summed E-state index contributed by atoms with van der Waals surface area (Å²) in [6, 6.07) is 18.7. The quantitative estimate of drug-likeness (QED) is 0.703. The lowest BCUT2D eigenvalue weighted by molar-refractivity contribution is 0.0612. The van der Waals surface area contributed by atoms with Gasteiger partial charge in [0, 0.05) is 0 Å². The SMILES string of the molecule is C[C@@H](O)COP(=O)(OCc1ccccc1)OCc1ccccc1. The van der Waals surface area contributed by atoms with E-state index in [1.807, 2.05) is 60.7 Å². The molecular weight excluding hydrogens is 315 g/mol. The van der Waals surface area contributed by atoms with E-state index in [2.05, 4.69) is 0 Å². The third kappa shape index (κ3) is 6.65. The second kappa shape index (κ2) is 8.96. The number of hydrogen-bond donors (Lipinski definition) is 1. The normalized spacial score (nSPS) is 13.0. The minimum absolute atomic E-state index is 0.104. The van der Waals surface area contributed by atoms with Crippen LogP contribution in [-0.2, 0) is 31.4 Å². The molecule has 23 heavy (non-hydrogen) atoms. The lowest BCUT2D eigenvalue weighted by Gasteiger charge is -2.19. The van der Waals surface area contributed by atoms with Crippen LogP contribution in [0.25, 0.3) is 0 Å². The van der Waals surface area contributed by atoms with Gasteiger partial charge in [-0.15, -0.1) is 0 Å². The molecule has 124 valence electrons. The molecule has 0 amide bonds. The van der Waals surface area contributed by atoms with Gasteiger partial charge in [-0.2, -0.15) is 0 Å². The lowest BCUT2D eigenvalue weighted by atomic mass is 10.2. The largest absolute Gasteiger partial charge is 0.475 e. The molecule has 0 fully saturated rings. The van der Waals surface area contributed by atoms with E-state index in [0.717, 1.165) is 11.1 Å². The molecular formula is C17H21O5P. The van der Waals surface area contributed by atoms with Crippen LogP contribution >= 0.6 is 7.82 Å². The smallest absolute Gasteiger partial charge is 0.391 e. The summed E-state index contributed by atoms with van der Waals surface area (Å²) in [7, 11) is -3.76. The Kier molecular flexibility index (Phi) is 6.96. The van der Waals surface area contributed by atoms with Gasteiger partial charge in [0.1, 0.15) is 0 Å². The topological polar surface area (TPSA) is 65.0 Å². The maximum Gasteiger partial charge on any atom is 0.475 e. The molecule has 1 atom stereocenters. The highest BCUT2D eigenvalue weighted by molar-refractivity contribution is 7.48. The summed E-state index contributed by atoms with van der Waals surface area (Å²) in [5, 5.41) is 9.33. The van der Waals surface area contributed by atoms with Crippen LogP contribution in [-0.4, -0.2) is 17.8 Å². The van der Waals surface area contributed by atoms with Crippen molar-refractivity contribution in [3.63, 3.8) is 0 Å². The minimum atomic E-state index is -3.76. The predicted octanol–water partition coefficient (Wildman–Crippen LogP) is 3.93. The fraction of sp³-hybridized carbons (Fsp3) is 0.294. The Morgan fingerprint density at radius 3 is 1.70 bits per heavy atom. The second-order valence-corrected chi connectivity index (χ2v) is 6.78. The van der Waals surface area contributed by atoms with Crippen molar-refractivity contribution in [2.75, 3.05) is 6.61 Å². The Morgan fingerprint density at radius 1 is 0.870 bits per heavy atom. The average Bonchev–Trinajstić information content (AvgIpc) is 2.59. The highest BCUT2D eigenvalue weighted by Gasteiger charge is 2.27. The third-order valence-corrected chi connectivity index (χ3v) is 4.29. The average molecular weight is 336 g/mol. The van der Waals surface area contributed by atoms with E-state index < -0.39 is 13.9 Å². The number of benzene rings is 2. The van der Waals surface area contributed by atoms with E-state index in [4.69, 9.17) is 13.6 Å². The molecule has 0 heterocycles. The van der Waals surface area contributed by atoms with Crippen molar-refractivity contribution >= 4 is 7.82 Å². The maximum absolute atomic E-state index is 12.7. The molecule has 5 nitrogen and oxygen atoms in total. The molecule has 0 aliphatic rings. The number of aliphatic hydroxyl groups excluding tert-OH is 1. The van der Waals surface area contributed by atoms with Gasteiger partial charge in [-0.25, -0.2) is 4.57 Å². The molecule has 0 spiro atoms. The number of aliphatic hydroxyl groups is 1. The van der Waals surface area contributed by atoms with Crippen molar-refractivity contribution in [3.05, 3.63) is 71.8 Å². The van der Waals surface area contributed by atoms with Gasteiger partial charge in [0.15, 0.2) is 0 Å². The summed E-state index contributed by atoms with van der Waals surface area (Å²) in [6.07, 6.45) is -0.760. The summed E-state index contributed by atoms with van der Waals surface area (Å²) < 4.78 is 28.7. The van der Waals surface area contributed by atoms with Gasteiger partial charge in [-0.1, -0.05) is 60.7 Å². The second-order valence-electron chi connectivity index (χ2n) is 5.11. The zero-order valence-electron chi connectivity index (χ0n) is 13.0. The van der Waals surface area contributed by atoms with Crippen molar-refractivity contribution in [2.45, 2.75) is 26.2 Å². The summed E-state index contributed by atoms with van der Waals surface area (Å²) in [6.45, 7) is 1.62. The summed E-state index contributed by atoms with van der Waals surface area (Å²) in [5.41, 5.74) is 1.72. The summed E-state index contributed by atoms with van der Waals surface area (Å²) in [4.78, 5) is 0. The number of rotatable bonds is 9. The molecule has 2 aromatic rings. The Bertz CT molecular complexity index is 568. The molecule has 0 bridgehead atoms. The van der Waals surface area contributed by atoms with Gasteiger partial charge < -0.3 is 5.11 Å². The predicted molar refractivity (Wildman–Crippen MR) is 87.7 cm³/mol. The van der Waals surface area contributed by atoms with Crippen molar-refractivity contribution in [1.29, 1.82) is 0 Å². The van der Waals surface area contributed by atoms with Crippen LogP contribution in [0.15, 0.2) is 60.7 Å². The van der Waals surface area contributed by atoms with E-state index >= 15 is 0 Å². The van der Waals surface area contributed by atoms with Crippen molar-refractivity contribution in [3.8, 4) is 0 Å². The van der Waals surface area contributed by atoms with Gasteiger partial charge in [-0.05, 0) is 18.1 Å². The highest BCUT2D eigenvalue weighted by atomic mass is 31.2. The Hall–Kier alpha value is -1.49. The number of phosphoric acid groups is 1. The molecule has 0 aromatic heterocycles. The molecule has 6 heteroatoms. The van der Waals surface area contributed by atoms with Crippen LogP contribution in [0.4, 0.5) is 0 Å². The van der Waals surface area contributed by atoms with E-state index in [1.54, 1.807) is 6.92 Å². The fourth-order valence-electron chi connectivity index (χ4n) is 1.77. The van der Waals surface area contributed by atoms with Gasteiger partial charge in [0.25, 0.3) is 0 Å². The standard InChI is InChI=1S/C17H21O5P/c1-15(18)12-20-23(19,21-13-16-8-4-2-5-9-16)22-14-17-10-6-3-7-11-17/h2-11,15,18H,12-14H2,1H3/t15-/m1/s1. The molecule has 0 unspecified atom stereocenters. The molecule has 2 rings (SSSR count). The molecule has 0 saturated carbocycles.